The summed E-state index contributed by atoms with van der Waals surface area (Å²) >= 11 is 0. The summed E-state index contributed by atoms with van der Waals surface area (Å²) in [4.78, 5) is 22.9. The zero-order valence-corrected chi connectivity index (χ0v) is 11.6. The molecule has 1 aromatic carbocycles. The number of piperidine rings is 1. The summed E-state index contributed by atoms with van der Waals surface area (Å²) in [5, 5.41) is 5.64. The largest absolute Gasteiger partial charge is 0.497 e. The Balaban J connectivity index is 1.72. The predicted octanol–water partition coefficient (Wildman–Crippen LogP) is 0.880. The first-order valence-corrected chi connectivity index (χ1v) is 6.86. The van der Waals surface area contributed by atoms with Gasteiger partial charge < -0.3 is 15.4 Å². The maximum Gasteiger partial charge on any atom is 0.224 e. The molecule has 2 amide bonds. The zero-order chi connectivity index (χ0) is 14.4. The van der Waals surface area contributed by atoms with Crippen LogP contribution < -0.4 is 15.4 Å². The minimum atomic E-state index is -0.0939. The van der Waals surface area contributed by atoms with Crippen molar-refractivity contribution < 1.29 is 14.3 Å². The summed E-state index contributed by atoms with van der Waals surface area (Å²) in [7, 11) is 1.64. The molecule has 0 saturated carbocycles. The fraction of sp³-hybridized carbons (Fsp3) is 0.467. The molecule has 0 radical (unpaired) electrons. The van der Waals surface area contributed by atoms with Crippen molar-refractivity contribution >= 4 is 11.8 Å². The molecule has 0 aliphatic carbocycles. The molecule has 1 aliphatic rings. The molecule has 1 saturated heterocycles. The van der Waals surface area contributed by atoms with Gasteiger partial charge in [-0.15, -0.1) is 0 Å². The SMILES string of the molecule is COc1ccc(CCNC(=O)C2CCC(=O)NC2)cc1. The van der Waals surface area contributed by atoms with Gasteiger partial charge in [0.1, 0.15) is 5.75 Å². The number of carbonyl (C=O) groups excluding carboxylic acids is 2. The minimum Gasteiger partial charge on any atom is -0.497 e. The lowest BCUT2D eigenvalue weighted by Crippen LogP contribution is -2.43. The van der Waals surface area contributed by atoms with E-state index >= 15 is 0 Å². The number of ether oxygens (including phenoxy) is 1. The van der Waals surface area contributed by atoms with Crippen LogP contribution in [0.3, 0.4) is 0 Å². The Hall–Kier alpha value is -2.04. The third kappa shape index (κ3) is 3.98. The van der Waals surface area contributed by atoms with Crippen LogP contribution in [0.1, 0.15) is 18.4 Å². The Morgan fingerprint density at radius 3 is 2.75 bits per heavy atom. The van der Waals surface area contributed by atoms with Crippen molar-refractivity contribution in [3.05, 3.63) is 29.8 Å². The Bertz CT molecular complexity index is 461. The van der Waals surface area contributed by atoms with Crippen LogP contribution in [0, 0.1) is 5.92 Å². The first kappa shape index (κ1) is 14.4. The van der Waals surface area contributed by atoms with Gasteiger partial charge in [0, 0.05) is 19.5 Å². The molecule has 0 spiro atoms. The van der Waals surface area contributed by atoms with Gasteiger partial charge in [0.2, 0.25) is 11.8 Å². The third-order valence-corrected chi connectivity index (χ3v) is 3.51. The Labute approximate surface area is 118 Å². The molecule has 108 valence electrons. The van der Waals surface area contributed by atoms with E-state index in [1.807, 2.05) is 24.3 Å². The number of nitrogens with one attached hydrogen (secondary N) is 2. The molecular formula is C15H20N2O3. The molecule has 20 heavy (non-hydrogen) atoms. The van der Waals surface area contributed by atoms with Crippen LogP contribution in [0.5, 0.6) is 5.75 Å². The highest BCUT2D eigenvalue weighted by Crippen LogP contribution is 2.12. The number of hydrogen-bond donors (Lipinski definition) is 2. The van der Waals surface area contributed by atoms with Crippen molar-refractivity contribution in [1.29, 1.82) is 0 Å². The lowest BCUT2D eigenvalue weighted by atomic mass is 9.98. The fourth-order valence-corrected chi connectivity index (χ4v) is 2.22. The van der Waals surface area contributed by atoms with E-state index in [9.17, 15) is 9.59 Å². The summed E-state index contributed by atoms with van der Waals surface area (Å²) < 4.78 is 5.10. The second-order valence-corrected chi connectivity index (χ2v) is 4.93. The van der Waals surface area contributed by atoms with Crippen molar-refractivity contribution in [2.75, 3.05) is 20.2 Å². The van der Waals surface area contributed by atoms with Crippen LogP contribution >= 0.6 is 0 Å². The van der Waals surface area contributed by atoms with Crippen LogP contribution in [0.4, 0.5) is 0 Å². The number of amides is 2. The van der Waals surface area contributed by atoms with Gasteiger partial charge in [-0.1, -0.05) is 12.1 Å². The fourth-order valence-electron chi connectivity index (χ4n) is 2.22. The zero-order valence-electron chi connectivity index (χ0n) is 11.6. The predicted molar refractivity (Wildman–Crippen MR) is 75.4 cm³/mol. The highest BCUT2D eigenvalue weighted by molar-refractivity contribution is 5.83. The first-order valence-electron chi connectivity index (χ1n) is 6.86. The average Bonchev–Trinajstić information content (AvgIpc) is 2.48. The van der Waals surface area contributed by atoms with Gasteiger partial charge in [-0.05, 0) is 30.5 Å². The van der Waals surface area contributed by atoms with E-state index in [0.717, 1.165) is 17.7 Å². The van der Waals surface area contributed by atoms with E-state index in [0.29, 0.717) is 25.9 Å². The Morgan fingerprint density at radius 1 is 1.40 bits per heavy atom. The number of benzene rings is 1. The number of methoxy groups -OCH3 is 1. The van der Waals surface area contributed by atoms with E-state index in [-0.39, 0.29) is 17.7 Å². The summed E-state index contributed by atoms with van der Waals surface area (Å²) in [6.45, 7) is 1.06. The van der Waals surface area contributed by atoms with Crippen LogP contribution in [-0.2, 0) is 16.0 Å². The van der Waals surface area contributed by atoms with Crippen molar-refractivity contribution in [3.63, 3.8) is 0 Å². The highest BCUT2D eigenvalue weighted by Gasteiger charge is 2.23. The minimum absolute atomic E-state index is 0.0264. The van der Waals surface area contributed by atoms with Crippen molar-refractivity contribution in [1.82, 2.24) is 10.6 Å². The highest BCUT2D eigenvalue weighted by atomic mass is 16.5. The molecule has 1 aromatic rings. The second kappa shape index (κ2) is 6.93. The van der Waals surface area contributed by atoms with Crippen LogP contribution in [0.15, 0.2) is 24.3 Å². The van der Waals surface area contributed by atoms with E-state index in [1.165, 1.54) is 0 Å². The van der Waals surface area contributed by atoms with Gasteiger partial charge in [0.05, 0.1) is 13.0 Å². The van der Waals surface area contributed by atoms with E-state index in [1.54, 1.807) is 7.11 Å². The molecule has 5 nitrogen and oxygen atoms in total. The molecule has 1 atom stereocenters. The quantitative estimate of drug-likeness (QED) is 0.839. The summed E-state index contributed by atoms with van der Waals surface area (Å²) in [6, 6.07) is 7.80. The molecule has 1 heterocycles. The molecule has 2 N–H and O–H groups in total. The van der Waals surface area contributed by atoms with Gasteiger partial charge in [0.15, 0.2) is 0 Å². The molecular weight excluding hydrogens is 256 g/mol. The molecule has 1 unspecified atom stereocenters. The van der Waals surface area contributed by atoms with Gasteiger partial charge in [-0.3, -0.25) is 9.59 Å². The molecule has 5 heteroatoms. The van der Waals surface area contributed by atoms with Crippen LogP contribution in [-0.4, -0.2) is 32.0 Å². The number of hydrogen-bond acceptors (Lipinski definition) is 3. The van der Waals surface area contributed by atoms with Gasteiger partial charge in [-0.25, -0.2) is 0 Å². The summed E-state index contributed by atoms with van der Waals surface area (Å²) in [5.74, 6) is 0.796. The van der Waals surface area contributed by atoms with Gasteiger partial charge in [-0.2, -0.15) is 0 Å². The Kier molecular flexibility index (Phi) is 4.98. The van der Waals surface area contributed by atoms with Crippen molar-refractivity contribution in [2.45, 2.75) is 19.3 Å². The maximum absolute atomic E-state index is 11.9. The first-order chi connectivity index (χ1) is 9.69. The Morgan fingerprint density at radius 2 is 2.15 bits per heavy atom. The normalized spacial score (nSPS) is 18.2. The maximum atomic E-state index is 11.9. The third-order valence-electron chi connectivity index (χ3n) is 3.51. The average molecular weight is 276 g/mol. The van der Waals surface area contributed by atoms with Crippen LogP contribution in [0.2, 0.25) is 0 Å². The lowest BCUT2D eigenvalue weighted by molar-refractivity contribution is -0.128. The van der Waals surface area contributed by atoms with E-state index in [2.05, 4.69) is 10.6 Å². The van der Waals surface area contributed by atoms with Gasteiger partial charge >= 0.3 is 0 Å². The summed E-state index contributed by atoms with van der Waals surface area (Å²) in [5.41, 5.74) is 1.16. The summed E-state index contributed by atoms with van der Waals surface area (Å²) in [6.07, 6.45) is 1.87. The van der Waals surface area contributed by atoms with Crippen LogP contribution in [0.25, 0.3) is 0 Å². The molecule has 1 fully saturated rings. The molecule has 1 aliphatic heterocycles. The van der Waals surface area contributed by atoms with E-state index < -0.39 is 0 Å². The monoisotopic (exact) mass is 276 g/mol. The van der Waals surface area contributed by atoms with E-state index in [4.69, 9.17) is 4.74 Å². The topological polar surface area (TPSA) is 67.4 Å². The lowest BCUT2D eigenvalue weighted by Gasteiger charge is -2.21. The van der Waals surface area contributed by atoms with Crippen molar-refractivity contribution in [2.24, 2.45) is 5.92 Å². The smallest absolute Gasteiger partial charge is 0.224 e. The van der Waals surface area contributed by atoms with Gasteiger partial charge in [0.25, 0.3) is 0 Å². The molecule has 2 rings (SSSR count). The number of carbonyl (C=O) groups is 2. The molecule has 0 bridgehead atoms. The van der Waals surface area contributed by atoms with Crippen molar-refractivity contribution in [3.8, 4) is 5.75 Å². The standard InChI is InChI=1S/C15H20N2O3/c1-20-13-5-2-11(3-6-13)8-9-16-15(19)12-4-7-14(18)17-10-12/h2-3,5-6,12H,4,7-10H2,1H3,(H,16,19)(H,17,18). The molecule has 0 aromatic heterocycles. The number of rotatable bonds is 5. The second-order valence-electron chi connectivity index (χ2n) is 4.93.